The Morgan fingerprint density at radius 2 is 2.36 bits per heavy atom. The number of pyridine rings is 1. The molecule has 3 nitrogen and oxygen atoms in total. The van der Waals surface area contributed by atoms with Crippen molar-refractivity contribution in [3.05, 3.63) is 34.3 Å². The highest BCUT2D eigenvalue weighted by Gasteiger charge is 2.19. The van der Waals surface area contributed by atoms with Gasteiger partial charge in [0.05, 0.1) is 6.61 Å². The maximum Gasteiger partial charge on any atom is 0.224 e. The van der Waals surface area contributed by atoms with Crippen molar-refractivity contribution >= 4 is 0 Å². The lowest BCUT2D eigenvalue weighted by Gasteiger charge is -2.01. The Morgan fingerprint density at radius 3 is 3.18 bits per heavy atom. The third kappa shape index (κ3) is 0.973. The van der Waals surface area contributed by atoms with Crippen LogP contribution in [0.2, 0.25) is 0 Å². The van der Waals surface area contributed by atoms with Gasteiger partial charge in [0.25, 0.3) is 0 Å². The van der Waals surface area contributed by atoms with Gasteiger partial charge in [-0.15, -0.1) is 0 Å². The summed E-state index contributed by atoms with van der Waals surface area (Å²) in [4.78, 5) is 0. The Balaban J connectivity index is 2.60. The number of hydrogen-bond acceptors (Lipinski definition) is 2. The van der Waals surface area contributed by atoms with Crippen LogP contribution in [0, 0.1) is 12.1 Å². The van der Waals surface area contributed by atoms with E-state index in [-0.39, 0.29) is 0 Å². The molecule has 0 bridgehead atoms. The van der Waals surface area contributed by atoms with Gasteiger partial charge in [-0.1, -0.05) is 0 Å². The van der Waals surface area contributed by atoms with Gasteiger partial charge in [0.1, 0.15) is 6.61 Å². The second-order valence-electron chi connectivity index (χ2n) is 2.81. The van der Waals surface area contributed by atoms with Gasteiger partial charge < -0.3 is 9.94 Å². The Bertz CT molecular complexity index is 296. The molecule has 0 unspecified atom stereocenters. The fraction of sp³-hybridized carbons (Fsp3) is 0.375. The highest BCUT2D eigenvalue weighted by molar-refractivity contribution is 5.21. The molecule has 1 aromatic heterocycles. The summed E-state index contributed by atoms with van der Waals surface area (Å²) >= 11 is 0. The van der Waals surface area contributed by atoms with E-state index in [2.05, 4.69) is 0 Å². The summed E-state index contributed by atoms with van der Waals surface area (Å²) in [5, 5.41) is 11.2. The Kier molecular flexibility index (Phi) is 1.32. The van der Waals surface area contributed by atoms with Crippen LogP contribution in [-0.2, 0) is 18.0 Å². The molecule has 0 atom stereocenters. The van der Waals surface area contributed by atoms with Crippen LogP contribution in [0.4, 0.5) is 0 Å². The van der Waals surface area contributed by atoms with Crippen molar-refractivity contribution in [1.82, 2.24) is 0 Å². The summed E-state index contributed by atoms with van der Waals surface area (Å²) in [6, 6.07) is 2.00. The van der Waals surface area contributed by atoms with Crippen LogP contribution in [0.1, 0.15) is 16.8 Å². The number of rotatable bonds is 0. The largest absolute Gasteiger partial charge is 0.618 e. The SMILES string of the molecule is Cc1cc2c([n+]([O-])c1)COC2. The zero-order valence-corrected chi connectivity index (χ0v) is 6.33. The minimum Gasteiger partial charge on any atom is -0.618 e. The lowest BCUT2D eigenvalue weighted by Crippen LogP contribution is -2.31. The molecule has 0 fully saturated rings. The van der Waals surface area contributed by atoms with Gasteiger partial charge in [-0.2, -0.15) is 4.73 Å². The molecule has 0 N–H and O–H groups in total. The summed E-state index contributed by atoms with van der Waals surface area (Å²) in [7, 11) is 0. The van der Waals surface area contributed by atoms with Gasteiger partial charge >= 0.3 is 0 Å². The predicted octanol–water partition coefficient (Wildman–Crippen LogP) is 0.659. The first-order valence-corrected chi connectivity index (χ1v) is 3.56. The monoisotopic (exact) mass is 151 g/mol. The third-order valence-corrected chi connectivity index (χ3v) is 1.86. The van der Waals surface area contributed by atoms with E-state index in [1.54, 1.807) is 6.20 Å². The van der Waals surface area contributed by atoms with Crippen LogP contribution in [0.25, 0.3) is 0 Å². The first kappa shape index (κ1) is 6.61. The zero-order valence-electron chi connectivity index (χ0n) is 6.33. The van der Waals surface area contributed by atoms with Gasteiger partial charge in [0, 0.05) is 11.1 Å². The Labute approximate surface area is 64.8 Å². The molecular weight excluding hydrogens is 142 g/mol. The molecule has 0 spiro atoms. The minimum atomic E-state index is 0.457. The quantitative estimate of drug-likeness (QED) is 0.403. The molecule has 2 rings (SSSR count). The number of hydrogen-bond donors (Lipinski definition) is 0. The number of aryl methyl sites for hydroxylation is 1. The predicted molar refractivity (Wildman–Crippen MR) is 38.6 cm³/mol. The van der Waals surface area contributed by atoms with Crippen molar-refractivity contribution in [3.63, 3.8) is 0 Å². The van der Waals surface area contributed by atoms with Gasteiger partial charge in [0.15, 0.2) is 6.20 Å². The fourth-order valence-electron chi connectivity index (χ4n) is 1.34. The topological polar surface area (TPSA) is 36.2 Å². The minimum absolute atomic E-state index is 0.457. The van der Waals surface area contributed by atoms with Gasteiger partial charge in [0.2, 0.25) is 5.69 Å². The molecule has 3 heteroatoms. The Morgan fingerprint density at radius 1 is 1.55 bits per heavy atom. The fourth-order valence-corrected chi connectivity index (χ4v) is 1.34. The first-order chi connectivity index (χ1) is 5.27. The lowest BCUT2D eigenvalue weighted by molar-refractivity contribution is -0.615. The highest BCUT2D eigenvalue weighted by Crippen LogP contribution is 2.16. The van der Waals surface area contributed by atoms with Crippen LogP contribution in [0.5, 0.6) is 0 Å². The van der Waals surface area contributed by atoms with Crippen LogP contribution in [0.3, 0.4) is 0 Å². The molecule has 0 aromatic carbocycles. The zero-order chi connectivity index (χ0) is 7.84. The summed E-state index contributed by atoms with van der Waals surface area (Å²) < 4.78 is 6.03. The molecule has 1 aliphatic heterocycles. The number of ether oxygens (including phenoxy) is 1. The van der Waals surface area contributed by atoms with Gasteiger partial charge in [-0.05, 0) is 13.0 Å². The van der Waals surface area contributed by atoms with E-state index < -0.39 is 0 Å². The summed E-state index contributed by atoms with van der Waals surface area (Å²) in [5.74, 6) is 0. The molecular formula is C8H9NO2. The van der Waals surface area contributed by atoms with Crippen molar-refractivity contribution < 1.29 is 9.47 Å². The molecule has 0 radical (unpaired) electrons. The second kappa shape index (κ2) is 2.20. The molecule has 0 amide bonds. The van der Waals surface area contributed by atoms with E-state index in [9.17, 15) is 5.21 Å². The van der Waals surface area contributed by atoms with Crippen LogP contribution in [-0.4, -0.2) is 0 Å². The van der Waals surface area contributed by atoms with E-state index >= 15 is 0 Å². The van der Waals surface area contributed by atoms with Crippen LogP contribution in [0.15, 0.2) is 12.3 Å². The Hall–Kier alpha value is -1.09. The van der Waals surface area contributed by atoms with E-state index in [0.29, 0.717) is 13.2 Å². The van der Waals surface area contributed by atoms with Gasteiger partial charge in [-0.25, -0.2) is 0 Å². The smallest absolute Gasteiger partial charge is 0.224 e. The summed E-state index contributed by atoms with van der Waals surface area (Å²) in [5.41, 5.74) is 2.78. The maximum absolute atomic E-state index is 11.2. The van der Waals surface area contributed by atoms with E-state index in [1.165, 1.54) is 0 Å². The normalized spacial score (nSPS) is 15.0. The number of nitrogens with zero attached hydrogens (tertiary/aromatic N) is 1. The second-order valence-corrected chi connectivity index (χ2v) is 2.81. The molecule has 0 saturated heterocycles. The standard InChI is InChI=1S/C8H9NO2/c1-6-2-7-4-11-5-8(7)9(10)3-6/h2-3H,4-5H2,1H3. The maximum atomic E-state index is 11.2. The molecule has 1 aromatic rings. The number of fused-ring (bicyclic) bond motifs is 1. The molecule has 11 heavy (non-hydrogen) atoms. The average molecular weight is 151 g/mol. The highest BCUT2D eigenvalue weighted by atomic mass is 16.5. The van der Waals surface area contributed by atoms with Crippen molar-refractivity contribution in [3.8, 4) is 0 Å². The van der Waals surface area contributed by atoms with E-state index in [4.69, 9.17) is 4.74 Å². The lowest BCUT2D eigenvalue weighted by atomic mass is 10.2. The first-order valence-electron chi connectivity index (χ1n) is 3.56. The van der Waals surface area contributed by atoms with E-state index in [1.807, 2.05) is 13.0 Å². The van der Waals surface area contributed by atoms with Gasteiger partial charge in [-0.3, -0.25) is 0 Å². The van der Waals surface area contributed by atoms with Crippen molar-refractivity contribution in [2.75, 3.05) is 0 Å². The van der Waals surface area contributed by atoms with Crippen molar-refractivity contribution in [1.29, 1.82) is 0 Å². The van der Waals surface area contributed by atoms with Crippen molar-refractivity contribution in [2.45, 2.75) is 20.1 Å². The third-order valence-electron chi connectivity index (χ3n) is 1.86. The molecule has 0 saturated carbocycles. The van der Waals surface area contributed by atoms with Crippen LogP contribution < -0.4 is 4.73 Å². The van der Waals surface area contributed by atoms with Crippen LogP contribution >= 0.6 is 0 Å². The summed E-state index contributed by atoms with van der Waals surface area (Å²) in [6.45, 7) is 2.95. The molecule has 1 aliphatic rings. The molecule has 58 valence electrons. The van der Waals surface area contributed by atoms with E-state index in [0.717, 1.165) is 21.6 Å². The molecule has 2 heterocycles. The summed E-state index contributed by atoms with van der Waals surface area (Å²) in [6.07, 6.45) is 1.58. The molecule has 0 aliphatic carbocycles. The van der Waals surface area contributed by atoms with Crippen molar-refractivity contribution in [2.24, 2.45) is 0 Å². The average Bonchev–Trinajstić information content (AvgIpc) is 2.34. The number of aromatic nitrogens is 1.